The van der Waals surface area contributed by atoms with Gasteiger partial charge in [-0.2, -0.15) is 5.10 Å². The number of fused-ring (bicyclic) bond motifs is 1. The first-order valence-electron chi connectivity index (χ1n) is 6.52. The molecule has 0 radical (unpaired) electrons. The van der Waals surface area contributed by atoms with Crippen LogP contribution in [-0.4, -0.2) is 23.0 Å². The Morgan fingerprint density at radius 3 is 2.60 bits per heavy atom. The molecule has 5 nitrogen and oxygen atoms in total. The minimum atomic E-state index is 0.518. The number of anilines is 1. The fraction of sp³-hybridized carbons (Fsp3) is 0.357. The highest BCUT2D eigenvalue weighted by Gasteiger charge is 2.24. The molecule has 6 heteroatoms. The third-order valence-electron chi connectivity index (χ3n) is 3.50. The highest BCUT2D eigenvalue weighted by Crippen LogP contribution is 2.46. The number of hydrogen-bond acceptors (Lipinski definition) is 4. The van der Waals surface area contributed by atoms with Gasteiger partial charge in [-0.25, -0.2) is 0 Å². The van der Waals surface area contributed by atoms with Gasteiger partial charge in [-0.15, -0.1) is 0 Å². The summed E-state index contributed by atoms with van der Waals surface area (Å²) in [6.07, 6.45) is 2.54. The molecule has 0 spiro atoms. The number of hydrogen-bond donors (Lipinski definition) is 1. The summed E-state index contributed by atoms with van der Waals surface area (Å²) in [6, 6.07) is 1.88. The molecular weight excluding hydrogens is 278 g/mol. The summed E-state index contributed by atoms with van der Waals surface area (Å²) >= 11 is 6.31. The first-order valence-corrected chi connectivity index (χ1v) is 6.90. The van der Waals surface area contributed by atoms with E-state index in [0.29, 0.717) is 29.8 Å². The monoisotopic (exact) mass is 293 g/mol. The van der Waals surface area contributed by atoms with E-state index >= 15 is 0 Å². The van der Waals surface area contributed by atoms with Crippen molar-refractivity contribution >= 4 is 17.4 Å². The second-order valence-corrected chi connectivity index (χ2v) is 5.07. The smallest absolute Gasteiger partial charge is 0.180 e. The first-order chi connectivity index (χ1) is 9.63. The average Bonchev–Trinajstić information content (AvgIpc) is 2.79. The lowest BCUT2D eigenvalue weighted by molar-refractivity contribution is 0.170. The van der Waals surface area contributed by atoms with Crippen molar-refractivity contribution in [1.82, 2.24) is 9.78 Å². The van der Waals surface area contributed by atoms with Crippen LogP contribution in [0.1, 0.15) is 12.5 Å². The molecule has 1 aromatic carbocycles. The van der Waals surface area contributed by atoms with Gasteiger partial charge in [0, 0.05) is 18.2 Å². The molecule has 2 heterocycles. The largest absolute Gasteiger partial charge is 0.486 e. The van der Waals surface area contributed by atoms with Gasteiger partial charge in [0.25, 0.3) is 0 Å². The fourth-order valence-corrected chi connectivity index (χ4v) is 2.72. The molecule has 0 atom stereocenters. The van der Waals surface area contributed by atoms with Gasteiger partial charge in [0.05, 0.1) is 11.2 Å². The third kappa shape index (κ3) is 1.89. The van der Waals surface area contributed by atoms with E-state index in [2.05, 4.69) is 12.0 Å². The molecule has 0 saturated heterocycles. The summed E-state index contributed by atoms with van der Waals surface area (Å²) in [7, 11) is 1.81. The number of aryl methyl sites for hydroxylation is 1. The maximum absolute atomic E-state index is 6.31. The highest BCUT2D eigenvalue weighted by atomic mass is 35.5. The van der Waals surface area contributed by atoms with Gasteiger partial charge < -0.3 is 15.2 Å². The van der Waals surface area contributed by atoms with E-state index in [1.165, 1.54) is 0 Å². The van der Waals surface area contributed by atoms with Crippen LogP contribution < -0.4 is 15.2 Å². The Morgan fingerprint density at radius 1 is 1.30 bits per heavy atom. The van der Waals surface area contributed by atoms with Crippen LogP contribution in [-0.2, 0) is 13.5 Å². The van der Waals surface area contributed by atoms with Crippen LogP contribution in [0.2, 0.25) is 5.02 Å². The van der Waals surface area contributed by atoms with Gasteiger partial charge in [0.15, 0.2) is 11.5 Å². The minimum Gasteiger partial charge on any atom is -0.486 e. The topological polar surface area (TPSA) is 62.3 Å². The number of aromatic nitrogens is 2. The molecule has 0 bridgehead atoms. The second kappa shape index (κ2) is 4.90. The predicted octanol–water partition coefficient (Wildman–Crippen LogP) is 2.66. The van der Waals surface area contributed by atoms with Crippen LogP contribution in [0.15, 0.2) is 12.3 Å². The summed E-state index contributed by atoms with van der Waals surface area (Å²) in [5.41, 5.74) is 8.93. The summed E-state index contributed by atoms with van der Waals surface area (Å²) in [5, 5.41) is 4.72. The van der Waals surface area contributed by atoms with E-state index in [1.807, 2.05) is 13.1 Å². The quantitative estimate of drug-likeness (QED) is 0.924. The number of ether oxygens (including phenoxy) is 2. The number of halogens is 1. The Hall–Kier alpha value is -1.88. The number of nitrogens with zero attached hydrogens (tertiary/aromatic N) is 2. The zero-order valence-corrected chi connectivity index (χ0v) is 12.2. The van der Waals surface area contributed by atoms with Crippen molar-refractivity contribution < 1.29 is 9.47 Å². The molecule has 1 aliphatic heterocycles. The van der Waals surface area contributed by atoms with Crippen LogP contribution in [0, 0.1) is 0 Å². The van der Waals surface area contributed by atoms with Gasteiger partial charge in [-0.3, -0.25) is 4.68 Å². The lowest BCUT2D eigenvalue weighted by Crippen LogP contribution is -2.17. The molecule has 0 aliphatic carbocycles. The predicted molar refractivity (Wildman–Crippen MR) is 78.4 cm³/mol. The lowest BCUT2D eigenvalue weighted by atomic mass is 9.98. The van der Waals surface area contributed by atoms with E-state index in [1.54, 1.807) is 10.9 Å². The summed E-state index contributed by atoms with van der Waals surface area (Å²) < 4.78 is 13.0. The lowest BCUT2D eigenvalue weighted by Gasteiger charge is -2.24. The van der Waals surface area contributed by atoms with Gasteiger partial charge in [-0.1, -0.05) is 18.5 Å². The Morgan fingerprint density at radius 2 is 2.00 bits per heavy atom. The molecule has 0 fully saturated rings. The van der Waals surface area contributed by atoms with Crippen molar-refractivity contribution in [2.24, 2.45) is 7.05 Å². The number of rotatable bonds is 2. The van der Waals surface area contributed by atoms with Crippen molar-refractivity contribution in [3.05, 3.63) is 22.8 Å². The van der Waals surface area contributed by atoms with Crippen molar-refractivity contribution in [1.29, 1.82) is 0 Å². The van der Waals surface area contributed by atoms with Crippen LogP contribution in [0.25, 0.3) is 11.1 Å². The SMILES string of the molecule is CCc1c(-c2cnn(C)c2N)cc(Cl)c2c1OCCO2. The van der Waals surface area contributed by atoms with Crippen LogP contribution >= 0.6 is 11.6 Å². The van der Waals surface area contributed by atoms with Gasteiger partial charge in [-0.05, 0) is 18.1 Å². The molecule has 3 rings (SSSR count). The van der Waals surface area contributed by atoms with Gasteiger partial charge in [0.1, 0.15) is 19.0 Å². The van der Waals surface area contributed by atoms with Gasteiger partial charge >= 0.3 is 0 Å². The maximum atomic E-state index is 6.31. The molecule has 1 aromatic heterocycles. The maximum Gasteiger partial charge on any atom is 0.180 e. The van der Waals surface area contributed by atoms with Crippen molar-refractivity contribution in [2.75, 3.05) is 18.9 Å². The summed E-state index contributed by atoms with van der Waals surface area (Å²) in [5.74, 6) is 1.96. The van der Waals surface area contributed by atoms with Gasteiger partial charge in [0.2, 0.25) is 0 Å². The molecule has 0 unspecified atom stereocenters. The Balaban J connectivity index is 2.26. The normalized spacial score (nSPS) is 13.6. The van der Waals surface area contributed by atoms with Crippen LogP contribution in [0.5, 0.6) is 11.5 Å². The Kier molecular flexibility index (Phi) is 3.22. The number of nitrogens with two attached hydrogens (primary N) is 1. The molecule has 2 aromatic rings. The molecule has 106 valence electrons. The van der Waals surface area contributed by atoms with Crippen molar-refractivity contribution in [2.45, 2.75) is 13.3 Å². The first kappa shape index (κ1) is 13.1. The van der Waals surface area contributed by atoms with Crippen molar-refractivity contribution in [3.8, 4) is 22.6 Å². The van der Waals surface area contributed by atoms with E-state index in [4.69, 9.17) is 26.8 Å². The molecular formula is C14H16ClN3O2. The average molecular weight is 294 g/mol. The van der Waals surface area contributed by atoms with E-state index < -0.39 is 0 Å². The zero-order valence-electron chi connectivity index (χ0n) is 11.4. The number of nitrogen functional groups attached to an aromatic ring is 1. The molecule has 20 heavy (non-hydrogen) atoms. The van der Waals surface area contributed by atoms with E-state index in [0.717, 1.165) is 28.9 Å². The van der Waals surface area contributed by atoms with Crippen LogP contribution in [0.3, 0.4) is 0 Å². The Bertz CT molecular complexity index is 667. The standard InChI is InChI=1S/C14H16ClN3O2/c1-3-8-9(10-7-17-18(2)14(10)16)6-11(15)13-12(8)19-4-5-20-13/h6-7H,3-5,16H2,1-2H3. The molecule has 0 amide bonds. The van der Waals surface area contributed by atoms with E-state index in [9.17, 15) is 0 Å². The van der Waals surface area contributed by atoms with Crippen LogP contribution in [0.4, 0.5) is 5.82 Å². The minimum absolute atomic E-state index is 0.518. The fourth-order valence-electron chi connectivity index (χ4n) is 2.47. The van der Waals surface area contributed by atoms with E-state index in [-0.39, 0.29) is 0 Å². The van der Waals surface area contributed by atoms with Crippen molar-refractivity contribution in [3.63, 3.8) is 0 Å². The Labute approximate surface area is 122 Å². The molecule has 1 aliphatic rings. The highest BCUT2D eigenvalue weighted by molar-refractivity contribution is 6.32. The second-order valence-electron chi connectivity index (χ2n) is 4.66. The summed E-state index contributed by atoms with van der Waals surface area (Å²) in [4.78, 5) is 0. The zero-order chi connectivity index (χ0) is 14.3. The third-order valence-corrected chi connectivity index (χ3v) is 3.78. The molecule has 2 N–H and O–H groups in total. The number of benzene rings is 1. The molecule has 0 saturated carbocycles. The summed E-state index contributed by atoms with van der Waals surface area (Å²) in [6.45, 7) is 3.12.